The first kappa shape index (κ1) is 28.3. The fourth-order valence-corrected chi connectivity index (χ4v) is 27.8. The van der Waals surface area contributed by atoms with Gasteiger partial charge in [0.1, 0.15) is 0 Å². The average Bonchev–Trinajstić information content (AvgIpc) is 2.67. The molecule has 2 saturated carbocycles. The Morgan fingerprint density at radius 1 is 0.452 bits per heavy atom. The van der Waals surface area contributed by atoms with Gasteiger partial charge in [-0.05, 0) is 78.1 Å². The maximum Gasteiger partial charge on any atom is 0.475 e. The fourth-order valence-electron chi connectivity index (χ4n) is 5.13. The van der Waals surface area contributed by atoms with Gasteiger partial charge in [0, 0.05) is 11.1 Å². The Bertz CT molecular complexity index is 446. The van der Waals surface area contributed by atoms with Crippen LogP contribution in [0.2, 0.25) is 63.5 Å². The maximum absolute atomic E-state index is 7.48. The van der Waals surface area contributed by atoms with Gasteiger partial charge in [-0.15, -0.1) is 0 Å². The van der Waals surface area contributed by atoms with Gasteiger partial charge in [0.25, 0.3) is 0 Å². The Hall–Kier alpha value is 1.10. The second kappa shape index (κ2) is 13.3. The van der Waals surface area contributed by atoms with Gasteiger partial charge >= 0.3 is 17.6 Å². The van der Waals surface area contributed by atoms with Crippen LogP contribution in [0.3, 0.4) is 0 Å². The molecule has 2 rings (SSSR count). The van der Waals surface area contributed by atoms with E-state index in [0.717, 1.165) is 0 Å². The van der Waals surface area contributed by atoms with Crippen LogP contribution in [0, 0.1) is 0 Å². The summed E-state index contributed by atoms with van der Waals surface area (Å²) >= 11 is 0. The number of hydrogen-bond acceptors (Lipinski definition) is 5. The highest BCUT2D eigenvalue weighted by Gasteiger charge is 2.61. The SMILES string of the molecule is C[SiH](C)O[Si](O[SiH](C)C)(O[Si](O[SiH](C)C)(O[SiH](C)C)C1CCCCC1)C1CCCCC1. The van der Waals surface area contributed by atoms with Crippen molar-refractivity contribution < 1.29 is 20.6 Å². The third-order valence-corrected chi connectivity index (χ3v) is 24.3. The highest BCUT2D eigenvalue weighted by atomic mass is 28.5. The lowest BCUT2D eigenvalue weighted by atomic mass is 10.0. The van der Waals surface area contributed by atoms with Gasteiger partial charge in [0.05, 0.1) is 0 Å². The zero-order valence-corrected chi connectivity index (χ0v) is 28.2. The topological polar surface area (TPSA) is 46.2 Å². The van der Waals surface area contributed by atoms with Gasteiger partial charge < -0.3 is 20.6 Å². The molecule has 0 amide bonds. The molecule has 0 N–H and O–H groups in total. The van der Waals surface area contributed by atoms with Crippen molar-refractivity contribution in [2.75, 3.05) is 0 Å². The molecular formula is C20H50O5Si6. The van der Waals surface area contributed by atoms with Crippen molar-refractivity contribution in [3.05, 3.63) is 0 Å². The van der Waals surface area contributed by atoms with Crippen molar-refractivity contribution in [3.8, 4) is 0 Å². The third kappa shape index (κ3) is 8.68. The molecule has 0 aromatic heterocycles. The van der Waals surface area contributed by atoms with Crippen LogP contribution in [-0.4, -0.2) is 53.8 Å². The predicted octanol–water partition coefficient (Wildman–Crippen LogP) is 5.55. The van der Waals surface area contributed by atoms with Crippen LogP contribution in [-0.2, 0) is 20.6 Å². The summed E-state index contributed by atoms with van der Waals surface area (Å²) < 4.78 is 35.4. The second-order valence-electron chi connectivity index (χ2n) is 10.6. The molecule has 11 heteroatoms. The predicted molar refractivity (Wildman–Crippen MR) is 146 cm³/mol. The Labute approximate surface area is 201 Å². The van der Waals surface area contributed by atoms with E-state index < -0.39 is 53.8 Å². The molecule has 0 spiro atoms. The van der Waals surface area contributed by atoms with Crippen LogP contribution < -0.4 is 0 Å². The summed E-state index contributed by atoms with van der Waals surface area (Å²) in [5.41, 5.74) is 0.854. The summed E-state index contributed by atoms with van der Waals surface area (Å²) in [6.07, 6.45) is 12.5. The first-order valence-corrected chi connectivity index (χ1v) is 27.7. The van der Waals surface area contributed by atoms with Crippen molar-refractivity contribution in [1.82, 2.24) is 0 Å². The lowest BCUT2D eigenvalue weighted by molar-refractivity contribution is 0.150. The Kier molecular flexibility index (Phi) is 12.1. The van der Waals surface area contributed by atoms with Crippen LogP contribution in [0.1, 0.15) is 64.2 Å². The molecule has 0 aromatic carbocycles. The van der Waals surface area contributed by atoms with E-state index >= 15 is 0 Å². The summed E-state index contributed by atoms with van der Waals surface area (Å²) in [4.78, 5) is 0. The molecule has 0 heterocycles. The van der Waals surface area contributed by atoms with E-state index in [1.807, 2.05) is 0 Å². The molecule has 5 nitrogen and oxygen atoms in total. The van der Waals surface area contributed by atoms with E-state index in [0.29, 0.717) is 11.1 Å². The molecule has 0 aliphatic heterocycles. The van der Waals surface area contributed by atoms with Gasteiger partial charge in [-0.3, -0.25) is 0 Å². The average molecular weight is 539 g/mol. The minimum atomic E-state index is -2.89. The Morgan fingerprint density at radius 3 is 0.935 bits per heavy atom. The Balaban J connectivity index is 2.53. The Morgan fingerprint density at radius 2 is 0.710 bits per heavy atom. The monoisotopic (exact) mass is 538 g/mol. The molecule has 2 aliphatic rings. The number of hydrogen-bond donors (Lipinski definition) is 0. The van der Waals surface area contributed by atoms with E-state index in [-0.39, 0.29) is 0 Å². The molecule has 184 valence electrons. The molecule has 31 heavy (non-hydrogen) atoms. The molecule has 0 atom stereocenters. The van der Waals surface area contributed by atoms with E-state index in [1.165, 1.54) is 64.2 Å². The molecule has 2 aliphatic carbocycles. The minimum Gasteiger partial charge on any atom is -0.419 e. The van der Waals surface area contributed by atoms with Crippen LogP contribution in [0.4, 0.5) is 0 Å². The van der Waals surface area contributed by atoms with Crippen molar-refractivity contribution >= 4 is 53.8 Å². The lowest BCUT2D eigenvalue weighted by Crippen LogP contribution is -2.66. The van der Waals surface area contributed by atoms with Crippen LogP contribution in [0.25, 0.3) is 0 Å². The van der Waals surface area contributed by atoms with Crippen LogP contribution in [0.5, 0.6) is 0 Å². The van der Waals surface area contributed by atoms with E-state index in [1.54, 1.807) is 0 Å². The highest BCUT2D eigenvalue weighted by Crippen LogP contribution is 2.46. The van der Waals surface area contributed by atoms with Crippen LogP contribution in [0.15, 0.2) is 0 Å². The maximum atomic E-state index is 7.48. The molecule has 0 aromatic rings. The van der Waals surface area contributed by atoms with E-state index in [4.69, 9.17) is 20.6 Å². The summed E-state index contributed by atoms with van der Waals surface area (Å²) in [6.45, 7) is 18.2. The molecular weight excluding hydrogens is 489 g/mol. The van der Waals surface area contributed by atoms with Gasteiger partial charge in [-0.25, -0.2) is 0 Å². The first-order chi connectivity index (χ1) is 14.6. The summed E-state index contributed by atoms with van der Waals surface area (Å²) in [5, 5.41) is 0. The van der Waals surface area contributed by atoms with Gasteiger partial charge in [-0.1, -0.05) is 38.5 Å². The zero-order valence-electron chi connectivity index (χ0n) is 21.6. The quantitative estimate of drug-likeness (QED) is 0.305. The largest absolute Gasteiger partial charge is 0.475 e. The van der Waals surface area contributed by atoms with Crippen molar-refractivity contribution in [1.29, 1.82) is 0 Å². The zero-order chi connectivity index (χ0) is 23.1. The van der Waals surface area contributed by atoms with Crippen molar-refractivity contribution in [2.45, 2.75) is 128 Å². The molecule has 0 unspecified atom stereocenters. The summed E-state index contributed by atoms with van der Waals surface area (Å²) in [5.74, 6) is 0. The highest BCUT2D eigenvalue weighted by molar-refractivity contribution is 6.86. The molecule has 0 bridgehead atoms. The normalized spacial score (nSPS) is 20.5. The minimum absolute atomic E-state index is 0.427. The standard InChI is InChI=1S/C20H50O5Si6/c1-26(2)21-30(22-27(3)4,19-15-11-9-12-16-19)25-31(23-28(5)6,24-29(7)8)20-17-13-10-14-18-20/h19-20,26-29H,9-18H2,1-8H3. The summed E-state index contributed by atoms with van der Waals surface area (Å²) in [6, 6.07) is 0. The fraction of sp³-hybridized carbons (Fsp3) is 1.00. The molecule has 0 radical (unpaired) electrons. The van der Waals surface area contributed by atoms with Crippen LogP contribution >= 0.6 is 0 Å². The van der Waals surface area contributed by atoms with Gasteiger partial charge in [0.2, 0.25) is 0 Å². The van der Waals surface area contributed by atoms with Crippen molar-refractivity contribution in [2.24, 2.45) is 0 Å². The third-order valence-electron chi connectivity index (χ3n) is 6.09. The lowest BCUT2D eigenvalue weighted by Gasteiger charge is -2.49. The van der Waals surface area contributed by atoms with E-state index in [2.05, 4.69) is 52.4 Å². The first-order valence-electron chi connectivity index (χ1n) is 13.0. The van der Waals surface area contributed by atoms with Gasteiger partial charge in [0.15, 0.2) is 36.2 Å². The molecule has 0 saturated heterocycles. The smallest absolute Gasteiger partial charge is 0.419 e. The number of rotatable bonds is 12. The van der Waals surface area contributed by atoms with Gasteiger partial charge in [-0.2, -0.15) is 0 Å². The van der Waals surface area contributed by atoms with Crippen molar-refractivity contribution in [3.63, 3.8) is 0 Å². The summed E-state index contributed by atoms with van der Waals surface area (Å²) in [7, 11) is -11.2. The second-order valence-corrected chi connectivity index (χ2v) is 27.7. The molecule has 2 fully saturated rings. The van der Waals surface area contributed by atoms with E-state index in [9.17, 15) is 0 Å².